The number of nitrogens with zero attached hydrogens (tertiary/aromatic N) is 2. The summed E-state index contributed by atoms with van der Waals surface area (Å²) in [4.78, 5) is 15.1. The molecule has 0 aliphatic carbocycles. The number of carbonyl (C=O) groups excluding carboxylic acids is 1. The Morgan fingerprint density at radius 3 is 2.67 bits per heavy atom. The van der Waals surface area contributed by atoms with E-state index in [2.05, 4.69) is 11.2 Å². The van der Waals surface area contributed by atoms with Gasteiger partial charge in [0, 0.05) is 12.1 Å². The predicted octanol–water partition coefficient (Wildman–Crippen LogP) is 4.86. The maximum Gasteiger partial charge on any atom is 0.254 e. The second-order valence-electron chi connectivity index (χ2n) is 7.55. The smallest absolute Gasteiger partial charge is 0.254 e. The Morgan fingerprint density at radius 1 is 1.17 bits per heavy atom. The molecule has 6 heteroatoms. The maximum atomic E-state index is 13.2. The van der Waals surface area contributed by atoms with Crippen molar-refractivity contribution in [2.75, 3.05) is 13.7 Å². The fraction of sp³-hybridized carbons (Fsp3) is 0.333. The van der Waals surface area contributed by atoms with Gasteiger partial charge in [0.25, 0.3) is 5.91 Å². The van der Waals surface area contributed by atoms with Gasteiger partial charge < -0.3 is 18.9 Å². The highest BCUT2D eigenvalue weighted by atomic mass is 16.5. The van der Waals surface area contributed by atoms with Crippen molar-refractivity contribution in [3.8, 4) is 11.5 Å². The van der Waals surface area contributed by atoms with Gasteiger partial charge in [0.1, 0.15) is 23.9 Å². The van der Waals surface area contributed by atoms with Crippen LogP contribution in [-0.4, -0.2) is 29.6 Å². The summed E-state index contributed by atoms with van der Waals surface area (Å²) in [5.41, 5.74) is 3.55. The zero-order valence-corrected chi connectivity index (χ0v) is 17.6. The van der Waals surface area contributed by atoms with Crippen molar-refractivity contribution >= 4 is 5.91 Å². The van der Waals surface area contributed by atoms with Gasteiger partial charge in [-0.25, -0.2) is 0 Å². The van der Waals surface area contributed by atoms with Crippen LogP contribution in [0.4, 0.5) is 0 Å². The van der Waals surface area contributed by atoms with Crippen LogP contribution in [0, 0.1) is 13.8 Å². The van der Waals surface area contributed by atoms with Crippen LogP contribution in [-0.2, 0) is 6.61 Å². The second kappa shape index (κ2) is 8.61. The molecule has 1 aliphatic rings. The highest BCUT2D eigenvalue weighted by Gasteiger charge is 2.30. The molecular formula is C24H26N2O4. The lowest BCUT2D eigenvalue weighted by molar-refractivity contribution is 0.0735. The van der Waals surface area contributed by atoms with Crippen molar-refractivity contribution < 1.29 is 18.8 Å². The zero-order chi connectivity index (χ0) is 21.1. The SMILES string of the molecule is COc1cccc(C2CCCN2C(=O)c2ccc(OCc3c(C)noc3C)cc2)c1. The molecule has 0 radical (unpaired) electrons. The molecule has 2 aromatic carbocycles. The summed E-state index contributed by atoms with van der Waals surface area (Å²) >= 11 is 0. The molecule has 1 amide bonds. The molecule has 0 bridgehead atoms. The first-order chi connectivity index (χ1) is 14.6. The molecular weight excluding hydrogens is 380 g/mol. The van der Waals surface area contributed by atoms with Crippen LogP contribution in [0.1, 0.15) is 51.8 Å². The molecule has 4 rings (SSSR count). The average Bonchev–Trinajstić information content (AvgIpc) is 3.39. The standard InChI is InChI=1S/C24H26N2O4/c1-16-22(17(2)30-25-16)15-29-20-11-9-18(10-12-20)24(27)26-13-5-8-23(26)19-6-4-7-21(14-19)28-3/h4,6-7,9-12,14,23H,5,8,13,15H2,1-3H3. The predicted molar refractivity (Wildman–Crippen MR) is 113 cm³/mol. The monoisotopic (exact) mass is 406 g/mol. The molecule has 0 spiro atoms. The molecule has 1 atom stereocenters. The summed E-state index contributed by atoms with van der Waals surface area (Å²) in [6, 6.07) is 15.4. The Balaban J connectivity index is 1.45. The van der Waals surface area contributed by atoms with E-state index in [0.717, 1.165) is 47.7 Å². The van der Waals surface area contributed by atoms with Crippen molar-refractivity contribution in [1.29, 1.82) is 0 Å². The van der Waals surface area contributed by atoms with E-state index in [1.807, 2.05) is 61.2 Å². The molecule has 0 N–H and O–H groups in total. The van der Waals surface area contributed by atoms with Crippen LogP contribution in [0.25, 0.3) is 0 Å². The Hall–Kier alpha value is -3.28. The van der Waals surface area contributed by atoms with E-state index in [1.165, 1.54) is 0 Å². The molecule has 6 nitrogen and oxygen atoms in total. The Kier molecular flexibility index (Phi) is 5.74. The van der Waals surface area contributed by atoms with Crippen LogP contribution < -0.4 is 9.47 Å². The molecule has 3 aromatic rings. The maximum absolute atomic E-state index is 13.2. The Labute approximate surface area is 176 Å². The Bertz CT molecular complexity index is 1010. The third-order valence-corrected chi connectivity index (χ3v) is 5.66. The van der Waals surface area contributed by atoms with Gasteiger partial charge in [-0.1, -0.05) is 17.3 Å². The summed E-state index contributed by atoms with van der Waals surface area (Å²) < 4.78 is 16.4. The van der Waals surface area contributed by atoms with Crippen molar-refractivity contribution in [3.63, 3.8) is 0 Å². The molecule has 1 fully saturated rings. The van der Waals surface area contributed by atoms with Gasteiger partial charge in [0.15, 0.2) is 0 Å². The van der Waals surface area contributed by atoms with Gasteiger partial charge in [0.2, 0.25) is 0 Å². The van der Waals surface area contributed by atoms with Crippen molar-refractivity contribution in [2.45, 2.75) is 39.3 Å². The summed E-state index contributed by atoms with van der Waals surface area (Å²) in [6.45, 7) is 4.91. The minimum Gasteiger partial charge on any atom is -0.497 e. The van der Waals surface area contributed by atoms with E-state index in [1.54, 1.807) is 7.11 Å². The topological polar surface area (TPSA) is 64.8 Å². The first-order valence-electron chi connectivity index (χ1n) is 10.2. The molecule has 2 heterocycles. The quantitative estimate of drug-likeness (QED) is 0.585. The van der Waals surface area contributed by atoms with Crippen molar-refractivity contribution in [3.05, 3.63) is 76.7 Å². The number of hydrogen-bond donors (Lipinski definition) is 0. The summed E-state index contributed by atoms with van der Waals surface area (Å²) in [5.74, 6) is 2.32. The number of methoxy groups -OCH3 is 1. The van der Waals surface area contributed by atoms with Crippen molar-refractivity contribution in [2.24, 2.45) is 0 Å². The van der Waals surface area contributed by atoms with E-state index in [0.29, 0.717) is 17.9 Å². The zero-order valence-electron chi connectivity index (χ0n) is 17.6. The summed E-state index contributed by atoms with van der Waals surface area (Å²) in [6.07, 6.45) is 1.95. The van der Waals surface area contributed by atoms with Gasteiger partial charge in [-0.3, -0.25) is 4.79 Å². The fourth-order valence-corrected chi connectivity index (χ4v) is 3.93. The number of aromatic nitrogens is 1. The molecule has 1 aromatic heterocycles. The van der Waals surface area contributed by atoms with E-state index in [4.69, 9.17) is 14.0 Å². The molecule has 30 heavy (non-hydrogen) atoms. The van der Waals surface area contributed by atoms with Crippen LogP contribution >= 0.6 is 0 Å². The van der Waals surface area contributed by atoms with Gasteiger partial charge in [-0.15, -0.1) is 0 Å². The molecule has 156 valence electrons. The number of aryl methyl sites for hydroxylation is 2. The number of benzene rings is 2. The first kappa shape index (κ1) is 20.0. The lowest BCUT2D eigenvalue weighted by Gasteiger charge is -2.25. The minimum absolute atomic E-state index is 0.0394. The van der Waals surface area contributed by atoms with E-state index in [9.17, 15) is 4.79 Å². The summed E-state index contributed by atoms with van der Waals surface area (Å²) in [5, 5.41) is 3.94. The highest BCUT2D eigenvalue weighted by Crippen LogP contribution is 2.34. The van der Waals surface area contributed by atoms with Gasteiger partial charge in [-0.2, -0.15) is 0 Å². The van der Waals surface area contributed by atoms with Crippen LogP contribution in [0.3, 0.4) is 0 Å². The molecule has 0 saturated carbocycles. The van der Waals surface area contributed by atoms with Gasteiger partial charge in [-0.05, 0) is 68.7 Å². The Morgan fingerprint density at radius 2 is 1.97 bits per heavy atom. The number of likely N-dealkylation sites (tertiary alicyclic amines) is 1. The van der Waals surface area contributed by atoms with Crippen LogP contribution in [0.5, 0.6) is 11.5 Å². The van der Waals surface area contributed by atoms with E-state index < -0.39 is 0 Å². The summed E-state index contributed by atoms with van der Waals surface area (Å²) in [7, 11) is 1.66. The van der Waals surface area contributed by atoms with Crippen LogP contribution in [0.2, 0.25) is 0 Å². The number of carbonyl (C=O) groups is 1. The molecule has 1 saturated heterocycles. The fourth-order valence-electron chi connectivity index (χ4n) is 3.93. The normalized spacial score (nSPS) is 16.0. The average molecular weight is 406 g/mol. The molecule has 1 aliphatic heterocycles. The van der Waals surface area contributed by atoms with E-state index >= 15 is 0 Å². The van der Waals surface area contributed by atoms with Gasteiger partial charge in [0.05, 0.1) is 24.4 Å². The second-order valence-corrected chi connectivity index (χ2v) is 7.55. The van der Waals surface area contributed by atoms with Gasteiger partial charge >= 0.3 is 0 Å². The number of amides is 1. The lowest BCUT2D eigenvalue weighted by atomic mass is 10.0. The number of hydrogen-bond acceptors (Lipinski definition) is 5. The minimum atomic E-state index is 0.0394. The third kappa shape index (κ3) is 4.03. The third-order valence-electron chi connectivity index (χ3n) is 5.66. The highest BCUT2D eigenvalue weighted by molar-refractivity contribution is 5.94. The van der Waals surface area contributed by atoms with Crippen LogP contribution in [0.15, 0.2) is 53.1 Å². The van der Waals surface area contributed by atoms with Crippen molar-refractivity contribution in [1.82, 2.24) is 10.1 Å². The molecule has 1 unspecified atom stereocenters. The van der Waals surface area contributed by atoms with E-state index in [-0.39, 0.29) is 11.9 Å². The number of ether oxygens (including phenoxy) is 2. The first-order valence-corrected chi connectivity index (χ1v) is 10.2. The lowest BCUT2D eigenvalue weighted by Crippen LogP contribution is -2.30. The number of rotatable bonds is 6. The largest absolute Gasteiger partial charge is 0.497 e.